The van der Waals surface area contributed by atoms with E-state index in [0.29, 0.717) is 0 Å². The molecule has 0 aliphatic carbocycles. The highest BCUT2D eigenvalue weighted by molar-refractivity contribution is 5.45. The maximum atomic E-state index is 5.30. The molecule has 15 heavy (non-hydrogen) atoms. The van der Waals surface area contributed by atoms with Gasteiger partial charge in [0.05, 0.1) is 13.2 Å². The van der Waals surface area contributed by atoms with Crippen molar-refractivity contribution < 1.29 is 9.37 Å². The van der Waals surface area contributed by atoms with Crippen molar-refractivity contribution in [3.63, 3.8) is 0 Å². The van der Waals surface area contributed by atoms with Crippen LogP contribution in [0.25, 0.3) is 0 Å². The van der Waals surface area contributed by atoms with Crippen molar-refractivity contribution in [1.82, 2.24) is 10.3 Å². The van der Waals surface area contributed by atoms with Crippen LogP contribution in [0.1, 0.15) is 26.5 Å². The summed E-state index contributed by atoms with van der Waals surface area (Å²) in [6.07, 6.45) is 0. The minimum absolute atomic E-state index is 0.0341. The van der Waals surface area contributed by atoms with E-state index < -0.39 is 0 Å². The number of ether oxygens (including phenoxy) is 1. The van der Waals surface area contributed by atoms with Gasteiger partial charge in [-0.2, -0.15) is 0 Å². The highest BCUT2D eigenvalue weighted by Gasteiger charge is 2.27. The van der Waals surface area contributed by atoms with Crippen LogP contribution in [0.4, 0.5) is 5.82 Å². The van der Waals surface area contributed by atoms with Gasteiger partial charge in [-0.1, -0.05) is 25.9 Å². The summed E-state index contributed by atoms with van der Waals surface area (Å²) < 4.78 is 10.1. The van der Waals surface area contributed by atoms with E-state index >= 15 is 0 Å². The molecular formula is C10H17N3O2. The molecule has 0 aromatic carbocycles. The first-order valence-electron chi connectivity index (χ1n) is 5.25. The van der Waals surface area contributed by atoms with E-state index in [1.165, 1.54) is 0 Å². The Bertz CT molecular complexity index is 324. The maximum absolute atomic E-state index is 5.30. The predicted molar refractivity (Wildman–Crippen MR) is 56.0 cm³/mol. The SMILES string of the molecule is CC(C)(C)c1nonc1N1CCOCC1. The smallest absolute Gasteiger partial charge is 0.197 e. The number of nitrogens with zero attached hydrogens (tertiary/aromatic N) is 3. The molecule has 1 aromatic rings. The molecule has 1 saturated heterocycles. The van der Waals surface area contributed by atoms with Crippen LogP contribution in [0.5, 0.6) is 0 Å². The highest BCUT2D eigenvalue weighted by atomic mass is 16.6. The van der Waals surface area contributed by atoms with Gasteiger partial charge in [-0.05, 0) is 5.16 Å². The summed E-state index contributed by atoms with van der Waals surface area (Å²) in [4.78, 5) is 2.17. The number of rotatable bonds is 1. The van der Waals surface area contributed by atoms with Crippen LogP contribution in [-0.2, 0) is 10.2 Å². The summed E-state index contributed by atoms with van der Waals surface area (Å²) in [5.74, 6) is 0.866. The third-order valence-electron chi connectivity index (χ3n) is 2.49. The Kier molecular flexibility index (Phi) is 2.65. The van der Waals surface area contributed by atoms with Crippen LogP contribution in [0.3, 0.4) is 0 Å². The van der Waals surface area contributed by atoms with Crippen LogP contribution >= 0.6 is 0 Å². The molecule has 5 heteroatoms. The Morgan fingerprint density at radius 2 is 1.80 bits per heavy atom. The van der Waals surface area contributed by atoms with Crippen LogP contribution in [-0.4, -0.2) is 36.6 Å². The second-order valence-corrected chi connectivity index (χ2v) is 4.79. The summed E-state index contributed by atoms with van der Waals surface area (Å²) in [5.41, 5.74) is 0.887. The fraction of sp³-hybridized carbons (Fsp3) is 0.800. The average molecular weight is 211 g/mol. The molecule has 1 aromatic heterocycles. The van der Waals surface area contributed by atoms with Crippen LogP contribution in [0, 0.1) is 0 Å². The van der Waals surface area contributed by atoms with Crippen molar-refractivity contribution in [3.05, 3.63) is 5.69 Å². The molecule has 0 radical (unpaired) electrons. The lowest BCUT2D eigenvalue weighted by atomic mass is 9.92. The van der Waals surface area contributed by atoms with Gasteiger partial charge in [-0.15, -0.1) is 0 Å². The maximum Gasteiger partial charge on any atom is 0.197 e. The van der Waals surface area contributed by atoms with E-state index in [2.05, 4.69) is 36.0 Å². The number of hydrogen-bond acceptors (Lipinski definition) is 5. The van der Waals surface area contributed by atoms with Crippen molar-refractivity contribution in [1.29, 1.82) is 0 Å². The first-order chi connectivity index (χ1) is 7.09. The quantitative estimate of drug-likeness (QED) is 0.698. The van der Waals surface area contributed by atoms with Gasteiger partial charge in [0, 0.05) is 18.5 Å². The molecule has 1 aliphatic rings. The molecule has 1 fully saturated rings. The fourth-order valence-electron chi connectivity index (χ4n) is 1.64. The molecule has 1 aliphatic heterocycles. The normalized spacial score (nSPS) is 18.2. The minimum atomic E-state index is -0.0341. The second kappa shape index (κ2) is 3.81. The highest BCUT2D eigenvalue weighted by Crippen LogP contribution is 2.28. The van der Waals surface area contributed by atoms with Gasteiger partial charge in [0.15, 0.2) is 5.82 Å². The fourth-order valence-corrected chi connectivity index (χ4v) is 1.64. The number of morpholine rings is 1. The zero-order valence-electron chi connectivity index (χ0n) is 9.49. The van der Waals surface area contributed by atoms with E-state index in [4.69, 9.17) is 9.37 Å². The van der Waals surface area contributed by atoms with E-state index in [1.54, 1.807) is 0 Å². The van der Waals surface area contributed by atoms with E-state index in [0.717, 1.165) is 37.8 Å². The molecule has 0 N–H and O–H groups in total. The second-order valence-electron chi connectivity index (χ2n) is 4.79. The molecule has 84 valence electrons. The Morgan fingerprint density at radius 3 is 2.40 bits per heavy atom. The lowest BCUT2D eigenvalue weighted by Crippen LogP contribution is -2.37. The van der Waals surface area contributed by atoms with Crippen molar-refractivity contribution in [3.8, 4) is 0 Å². The molecule has 0 spiro atoms. The number of hydrogen-bond donors (Lipinski definition) is 0. The number of anilines is 1. The molecule has 2 rings (SSSR count). The van der Waals surface area contributed by atoms with Gasteiger partial charge in [-0.25, -0.2) is 4.63 Å². The lowest BCUT2D eigenvalue weighted by Gasteiger charge is -2.28. The first-order valence-corrected chi connectivity index (χ1v) is 5.25. The van der Waals surface area contributed by atoms with Gasteiger partial charge >= 0.3 is 0 Å². The monoisotopic (exact) mass is 211 g/mol. The first kappa shape index (κ1) is 10.4. The van der Waals surface area contributed by atoms with Crippen LogP contribution < -0.4 is 4.90 Å². The Hall–Kier alpha value is -1.10. The zero-order chi connectivity index (χ0) is 10.9. The number of aromatic nitrogens is 2. The molecule has 0 saturated carbocycles. The van der Waals surface area contributed by atoms with Crippen molar-refractivity contribution in [2.75, 3.05) is 31.2 Å². The predicted octanol–water partition coefficient (Wildman–Crippen LogP) is 1.20. The molecular weight excluding hydrogens is 194 g/mol. The summed E-state index contributed by atoms with van der Waals surface area (Å²) in [7, 11) is 0. The molecule has 2 heterocycles. The Balaban J connectivity index is 2.24. The summed E-state index contributed by atoms with van der Waals surface area (Å²) in [6.45, 7) is 9.53. The lowest BCUT2D eigenvalue weighted by molar-refractivity contribution is 0.122. The molecule has 0 unspecified atom stereocenters. The Morgan fingerprint density at radius 1 is 1.13 bits per heavy atom. The van der Waals surface area contributed by atoms with Gasteiger partial charge in [0.25, 0.3) is 0 Å². The third-order valence-corrected chi connectivity index (χ3v) is 2.49. The van der Waals surface area contributed by atoms with E-state index in [-0.39, 0.29) is 5.41 Å². The minimum Gasteiger partial charge on any atom is -0.378 e. The summed E-state index contributed by atoms with van der Waals surface area (Å²) in [5, 5.41) is 7.98. The molecule has 5 nitrogen and oxygen atoms in total. The van der Waals surface area contributed by atoms with Gasteiger partial charge in [0.1, 0.15) is 5.69 Å². The largest absolute Gasteiger partial charge is 0.378 e. The van der Waals surface area contributed by atoms with Crippen molar-refractivity contribution >= 4 is 5.82 Å². The molecule has 0 atom stereocenters. The zero-order valence-corrected chi connectivity index (χ0v) is 9.49. The van der Waals surface area contributed by atoms with E-state index in [1.807, 2.05) is 0 Å². The van der Waals surface area contributed by atoms with Gasteiger partial charge in [0.2, 0.25) is 0 Å². The van der Waals surface area contributed by atoms with Crippen molar-refractivity contribution in [2.45, 2.75) is 26.2 Å². The van der Waals surface area contributed by atoms with Crippen molar-refractivity contribution in [2.24, 2.45) is 0 Å². The summed E-state index contributed by atoms with van der Waals surface area (Å²) in [6, 6.07) is 0. The Labute approximate surface area is 89.4 Å². The topological polar surface area (TPSA) is 51.4 Å². The van der Waals surface area contributed by atoms with E-state index in [9.17, 15) is 0 Å². The summed E-state index contributed by atoms with van der Waals surface area (Å²) >= 11 is 0. The van der Waals surface area contributed by atoms with Gasteiger partial charge in [-0.3, -0.25) is 0 Å². The van der Waals surface area contributed by atoms with Crippen LogP contribution in [0.15, 0.2) is 4.63 Å². The standard InChI is InChI=1S/C10H17N3O2/c1-10(2,3)8-9(12-15-11-8)13-4-6-14-7-5-13/h4-7H2,1-3H3. The van der Waals surface area contributed by atoms with Gasteiger partial charge < -0.3 is 9.64 Å². The average Bonchev–Trinajstić information content (AvgIpc) is 2.67. The third kappa shape index (κ3) is 2.12. The van der Waals surface area contributed by atoms with Crippen LogP contribution in [0.2, 0.25) is 0 Å². The molecule has 0 bridgehead atoms. The molecule has 0 amide bonds.